The van der Waals surface area contributed by atoms with E-state index in [1.807, 2.05) is 18.2 Å². The third-order valence-electron chi connectivity index (χ3n) is 3.78. The molecule has 1 heterocycles. The van der Waals surface area contributed by atoms with Crippen molar-refractivity contribution >= 4 is 5.69 Å². The van der Waals surface area contributed by atoms with Gasteiger partial charge in [-0.3, -0.25) is 0 Å². The number of hydrogen-bond acceptors (Lipinski definition) is 4. The van der Waals surface area contributed by atoms with Crippen LogP contribution in [0.5, 0.6) is 11.5 Å². The molecule has 0 aliphatic carbocycles. The van der Waals surface area contributed by atoms with Crippen LogP contribution in [-0.2, 0) is 0 Å². The molecule has 0 radical (unpaired) electrons. The molecule has 0 amide bonds. The van der Waals surface area contributed by atoms with E-state index in [0.29, 0.717) is 0 Å². The van der Waals surface area contributed by atoms with Gasteiger partial charge in [0.15, 0.2) is 0 Å². The average Bonchev–Trinajstić information content (AvgIpc) is 2.46. The maximum atomic E-state index is 5.28. The van der Waals surface area contributed by atoms with Crippen molar-refractivity contribution in [3.05, 3.63) is 18.2 Å². The van der Waals surface area contributed by atoms with Gasteiger partial charge >= 0.3 is 0 Å². The molecule has 4 nitrogen and oxygen atoms in total. The molecule has 0 atom stereocenters. The van der Waals surface area contributed by atoms with Crippen molar-refractivity contribution in [1.29, 1.82) is 0 Å². The van der Waals surface area contributed by atoms with Crippen molar-refractivity contribution in [3.8, 4) is 11.5 Å². The maximum Gasteiger partial charge on any atom is 0.124 e. The molecule has 1 aromatic carbocycles. The van der Waals surface area contributed by atoms with Gasteiger partial charge in [0.1, 0.15) is 11.5 Å². The summed E-state index contributed by atoms with van der Waals surface area (Å²) in [7, 11) is 5.54. The Balaban J connectivity index is 1.91. The quantitative estimate of drug-likeness (QED) is 0.886. The monoisotopic (exact) mass is 264 g/mol. The fourth-order valence-electron chi connectivity index (χ4n) is 2.44. The van der Waals surface area contributed by atoms with Gasteiger partial charge in [-0.25, -0.2) is 0 Å². The molecule has 1 aromatic rings. The highest BCUT2D eigenvalue weighted by molar-refractivity contribution is 5.53. The molecule has 0 bridgehead atoms. The normalized spacial score (nSPS) is 17.2. The van der Waals surface area contributed by atoms with E-state index in [4.69, 9.17) is 9.47 Å². The first kappa shape index (κ1) is 14.0. The van der Waals surface area contributed by atoms with Crippen molar-refractivity contribution in [3.63, 3.8) is 0 Å². The number of methoxy groups -OCH3 is 2. The highest BCUT2D eigenvalue weighted by atomic mass is 16.5. The second-order valence-corrected chi connectivity index (χ2v) is 5.23. The van der Waals surface area contributed by atoms with Crippen molar-refractivity contribution in [2.24, 2.45) is 5.92 Å². The Morgan fingerprint density at radius 3 is 2.21 bits per heavy atom. The number of nitrogens with one attached hydrogen (secondary N) is 1. The molecule has 0 unspecified atom stereocenters. The molecule has 1 N–H and O–H groups in total. The summed E-state index contributed by atoms with van der Waals surface area (Å²) >= 11 is 0. The summed E-state index contributed by atoms with van der Waals surface area (Å²) in [6, 6.07) is 5.91. The molecule has 1 aliphatic rings. The Labute approximate surface area is 115 Å². The molecule has 106 valence electrons. The number of benzene rings is 1. The fourth-order valence-corrected chi connectivity index (χ4v) is 2.44. The first-order valence-corrected chi connectivity index (χ1v) is 6.86. The number of likely N-dealkylation sites (tertiary alicyclic amines) is 1. The summed E-state index contributed by atoms with van der Waals surface area (Å²) in [5, 5.41) is 3.50. The number of anilines is 1. The molecule has 0 spiro atoms. The van der Waals surface area contributed by atoms with Crippen molar-refractivity contribution in [1.82, 2.24) is 4.90 Å². The topological polar surface area (TPSA) is 33.7 Å². The van der Waals surface area contributed by atoms with E-state index in [1.54, 1.807) is 14.2 Å². The van der Waals surface area contributed by atoms with Gasteiger partial charge in [0.2, 0.25) is 0 Å². The van der Waals surface area contributed by atoms with Crippen LogP contribution < -0.4 is 14.8 Å². The number of ether oxygens (including phenoxy) is 2. The van der Waals surface area contributed by atoms with E-state index in [0.717, 1.165) is 29.6 Å². The van der Waals surface area contributed by atoms with Crippen LogP contribution in [0.2, 0.25) is 0 Å². The number of piperidine rings is 1. The molecular formula is C15H24N2O2. The van der Waals surface area contributed by atoms with Gasteiger partial charge < -0.3 is 19.7 Å². The van der Waals surface area contributed by atoms with Crippen LogP contribution in [0, 0.1) is 5.92 Å². The van der Waals surface area contributed by atoms with Crippen LogP contribution in [0.4, 0.5) is 5.69 Å². The summed E-state index contributed by atoms with van der Waals surface area (Å²) in [5.74, 6) is 2.41. The zero-order chi connectivity index (χ0) is 13.7. The molecule has 1 saturated heterocycles. The minimum Gasteiger partial charge on any atom is -0.497 e. The third-order valence-corrected chi connectivity index (χ3v) is 3.78. The van der Waals surface area contributed by atoms with Crippen LogP contribution in [0.1, 0.15) is 12.8 Å². The van der Waals surface area contributed by atoms with Gasteiger partial charge in [-0.15, -0.1) is 0 Å². The van der Waals surface area contributed by atoms with Gasteiger partial charge in [-0.05, 0) is 38.9 Å². The zero-order valence-electron chi connectivity index (χ0n) is 12.1. The fraction of sp³-hybridized carbons (Fsp3) is 0.600. The van der Waals surface area contributed by atoms with Crippen LogP contribution >= 0.6 is 0 Å². The average molecular weight is 264 g/mol. The Kier molecular flexibility index (Phi) is 4.91. The molecule has 0 aromatic heterocycles. The van der Waals surface area contributed by atoms with E-state index < -0.39 is 0 Å². The second kappa shape index (κ2) is 6.66. The highest BCUT2D eigenvalue weighted by Crippen LogP contribution is 2.26. The van der Waals surface area contributed by atoms with E-state index >= 15 is 0 Å². The van der Waals surface area contributed by atoms with Crippen LogP contribution in [-0.4, -0.2) is 45.8 Å². The van der Waals surface area contributed by atoms with Crippen molar-refractivity contribution in [2.45, 2.75) is 12.8 Å². The van der Waals surface area contributed by atoms with Crippen LogP contribution in [0.25, 0.3) is 0 Å². The molecule has 0 saturated carbocycles. The zero-order valence-corrected chi connectivity index (χ0v) is 12.1. The minimum absolute atomic E-state index is 0.758. The molecule has 4 heteroatoms. The van der Waals surface area contributed by atoms with Gasteiger partial charge in [0, 0.05) is 30.4 Å². The lowest BCUT2D eigenvalue weighted by Crippen LogP contribution is -2.32. The van der Waals surface area contributed by atoms with E-state index in [9.17, 15) is 0 Å². The number of rotatable bonds is 5. The summed E-state index contributed by atoms with van der Waals surface area (Å²) in [4.78, 5) is 2.39. The molecule has 1 aliphatic heterocycles. The number of hydrogen-bond donors (Lipinski definition) is 1. The van der Waals surface area contributed by atoms with E-state index in [1.165, 1.54) is 25.9 Å². The SMILES string of the molecule is COc1cc(NCC2CCN(C)CC2)cc(OC)c1. The molecular weight excluding hydrogens is 240 g/mol. The summed E-state index contributed by atoms with van der Waals surface area (Å²) < 4.78 is 10.6. The standard InChI is InChI=1S/C15H24N2O2/c1-17-6-4-12(5-7-17)11-16-13-8-14(18-2)10-15(9-13)19-3/h8-10,12,16H,4-7,11H2,1-3H3. The summed E-state index contributed by atoms with van der Waals surface area (Å²) in [5.41, 5.74) is 1.06. The summed E-state index contributed by atoms with van der Waals surface area (Å²) in [6.07, 6.45) is 2.54. The Morgan fingerprint density at radius 1 is 1.11 bits per heavy atom. The van der Waals surface area contributed by atoms with Gasteiger partial charge in [-0.2, -0.15) is 0 Å². The Hall–Kier alpha value is -1.42. The second-order valence-electron chi connectivity index (χ2n) is 5.23. The van der Waals surface area contributed by atoms with Gasteiger partial charge in [0.05, 0.1) is 14.2 Å². The van der Waals surface area contributed by atoms with E-state index in [2.05, 4.69) is 17.3 Å². The predicted octanol–water partition coefficient (Wildman–Crippen LogP) is 2.46. The third kappa shape index (κ3) is 4.03. The van der Waals surface area contributed by atoms with Crippen LogP contribution in [0.15, 0.2) is 18.2 Å². The highest BCUT2D eigenvalue weighted by Gasteiger charge is 2.16. The van der Waals surface area contributed by atoms with Crippen molar-refractivity contribution in [2.75, 3.05) is 46.2 Å². The largest absolute Gasteiger partial charge is 0.497 e. The van der Waals surface area contributed by atoms with Crippen molar-refractivity contribution < 1.29 is 9.47 Å². The Morgan fingerprint density at radius 2 is 1.68 bits per heavy atom. The Bertz CT molecular complexity index is 379. The smallest absolute Gasteiger partial charge is 0.124 e. The first-order chi connectivity index (χ1) is 9.21. The minimum atomic E-state index is 0.758. The van der Waals surface area contributed by atoms with Crippen LogP contribution in [0.3, 0.4) is 0 Å². The van der Waals surface area contributed by atoms with E-state index in [-0.39, 0.29) is 0 Å². The first-order valence-electron chi connectivity index (χ1n) is 6.86. The molecule has 2 rings (SSSR count). The lowest BCUT2D eigenvalue weighted by atomic mass is 9.97. The molecule has 19 heavy (non-hydrogen) atoms. The lowest BCUT2D eigenvalue weighted by molar-refractivity contribution is 0.226. The summed E-state index contributed by atoms with van der Waals surface area (Å²) in [6.45, 7) is 3.42. The predicted molar refractivity (Wildman–Crippen MR) is 78.3 cm³/mol. The molecule has 1 fully saturated rings. The lowest BCUT2D eigenvalue weighted by Gasteiger charge is -2.29. The maximum absolute atomic E-state index is 5.28. The van der Waals surface area contributed by atoms with Gasteiger partial charge in [0.25, 0.3) is 0 Å². The van der Waals surface area contributed by atoms with Gasteiger partial charge in [-0.1, -0.05) is 0 Å². The number of nitrogens with zero attached hydrogens (tertiary/aromatic N) is 1.